The lowest BCUT2D eigenvalue weighted by atomic mass is 9.85. The topological polar surface area (TPSA) is 4.93 Å². The second-order valence-electron chi connectivity index (χ2n) is 11.5. The number of hydrogen-bond acceptors (Lipinski definition) is 0. The molecule has 34 heavy (non-hydrogen) atoms. The van der Waals surface area contributed by atoms with Crippen molar-refractivity contribution in [3.8, 4) is 0 Å². The molecule has 2 aliphatic rings. The van der Waals surface area contributed by atoms with Crippen LogP contribution in [0.1, 0.15) is 114 Å². The Balaban J connectivity index is 1.52. The SMILES string of the molecule is CC(c1ccc2c(c1)c1cc([C@@H](C)C3CCCC3)ccc1n2CCCCCCI)C1CCCC1. The predicted octanol–water partition coefficient (Wildman–Crippen LogP) is 10.4. The maximum atomic E-state index is 2.64. The number of hydrogen-bond donors (Lipinski definition) is 0. The molecule has 2 atom stereocenters. The zero-order chi connectivity index (χ0) is 23.5. The van der Waals surface area contributed by atoms with Gasteiger partial charge in [0.25, 0.3) is 0 Å². The minimum absolute atomic E-state index is 0.680. The van der Waals surface area contributed by atoms with E-state index in [0.29, 0.717) is 11.8 Å². The number of halogens is 1. The maximum absolute atomic E-state index is 2.64. The fourth-order valence-corrected chi connectivity index (χ4v) is 7.66. The Labute approximate surface area is 221 Å². The summed E-state index contributed by atoms with van der Waals surface area (Å²) >= 11 is 2.51. The Morgan fingerprint density at radius 3 is 1.65 bits per heavy atom. The zero-order valence-electron chi connectivity index (χ0n) is 21.5. The largest absolute Gasteiger partial charge is 0.340 e. The van der Waals surface area contributed by atoms with Crippen LogP contribution >= 0.6 is 22.6 Å². The molecule has 1 unspecified atom stereocenters. The highest BCUT2D eigenvalue weighted by Crippen LogP contribution is 2.41. The minimum Gasteiger partial charge on any atom is -0.340 e. The molecule has 2 aliphatic carbocycles. The van der Waals surface area contributed by atoms with Crippen molar-refractivity contribution in [1.82, 2.24) is 4.57 Å². The number of unbranched alkanes of at least 4 members (excludes halogenated alkanes) is 3. The van der Waals surface area contributed by atoms with E-state index in [-0.39, 0.29) is 0 Å². The lowest BCUT2D eigenvalue weighted by Crippen LogP contribution is -2.05. The van der Waals surface area contributed by atoms with Gasteiger partial charge in [0, 0.05) is 28.4 Å². The average molecular weight is 570 g/mol. The first kappa shape index (κ1) is 24.7. The summed E-state index contributed by atoms with van der Waals surface area (Å²) < 4.78 is 3.93. The number of nitrogens with zero attached hydrogens (tertiary/aromatic N) is 1. The lowest BCUT2D eigenvalue weighted by Gasteiger charge is -2.20. The van der Waals surface area contributed by atoms with Crippen molar-refractivity contribution in [3.05, 3.63) is 47.5 Å². The van der Waals surface area contributed by atoms with Crippen LogP contribution in [0.4, 0.5) is 0 Å². The molecular weight excluding hydrogens is 525 g/mol. The third-order valence-electron chi connectivity index (χ3n) is 9.44. The van der Waals surface area contributed by atoms with E-state index in [1.165, 1.54) is 103 Å². The van der Waals surface area contributed by atoms with E-state index in [4.69, 9.17) is 0 Å². The molecular formula is C32H44IN. The van der Waals surface area contributed by atoms with Gasteiger partial charge in [-0.3, -0.25) is 0 Å². The number of fused-ring (bicyclic) bond motifs is 3. The second kappa shape index (κ2) is 11.4. The molecule has 0 amide bonds. The van der Waals surface area contributed by atoms with Crippen molar-refractivity contribution >= 4 is 44.4 Å². The van der Waals surface area contributed by atoms with Gasteiger partial charge in [-0.1, -0.05) is 87.1 Å². The molecule has 0 bridgehead atoms. The molecule has 2 fully saturated rings. The van der Waals surface area contributed by atoms with Crippen molar-refractivity contribution in [1.29, 1.82) is 0 Å². The number of aromatic nitrogens is 1. The van der Waals surface area contributed by atoms with Gasteiger partial charge in [-0.15, -0.1) is 0 Å². The predicted molar refractivity (Wildman–Crippen MR) is 158 cm³/mol. The van der Waals surface area contributed by atoms with Gasteiger partial charge in [-0.2, -0.15) is 0 Å². The van der Waals surface area contributed by atoms with E-state index in [2.05, 4.69) is 77.4 Å². The Kier molecular flexibility index (Phi) is 8.23. The number of benzene rings is 2. The molecule has 2 heteroatoms. The monoisotopic (exact) mass is 569 g/mol. The van der Waals surface area contributed by atoms with E-state index in [1.54, 1.807) is 11.1 Å². The Morgan fingerprint density at radius 2 is 1.18 bits per heavy atom. The molecule has 5 rings (SSSR count). The second-order valence-corrected chi connectivity index (χ2v) is 12.6. The molecule has 1 heterocycles. The third kappa shape index (κ3) is 5.08. The molecule has 1 aromatic heterocycles. The van der Waals surface area contributed by atoms with Gasteiger partial charge in [0.1, 0.15) is 0 Å². The van der Waals surface area contributed by atoms with Crippen molar-refractivity contribution in [2.75, 3.05) is 4.43 Å². The van der Waals surface area contributed by atoms with Gasteiger partial charge in [-0.05, 0) is 102 Å². The van der Waals surface area contributed by atoms with Gasteiger partial charge in [0.15, 0.2) is 0 Å². The van der Waals surface area contributed by atoms with Crippen LogP contribution in [-0.4, -0.2) is 8.99 Å². The Morgan fingerprint density at radius 1 is 0.706 bits per heavy atom. The third-order valence-corrected chi connectivity index (χ3v) is 10.2. The maximum Gasteiger partial charge on any atom is 0.0491 e. The highest BCUT2D eigenvalue weighted by atomic mass is 127. The van der Waals surface area contributed by atoms with Gasteiger partial charge >= 0.3 is 0 Å². The molecule has 2 saturated carbocycles. The molecule has 0 radical (unpaired) electrons. The summed E-state index contributed by atoms with van der Waals surface area (Å²) in [6, 6.07) is 15.0. The molecule has 0 N–H and O–H groups in total. The van der Waals surface area contributed by atoms with Crippen LogP contribution in [0.5, 0.6) is 0 Å². The molecule has 3 aromatic rings. The molecule has 184 valence electrons. The van der Waals surface area contributed by atoms with E-state index >= 15 is 0 Å². The molecule has 0 aliphatic heterocycles. The van der Waals surface area contributed by atoms with E-state index < -0.39 is 0 Å². The summed E-state index contributed by atoms with van der Waals surface area (Å²) in [4.78, 5) is 0. The summed E-state index contributed by atoms with van der Waals surface area (Å²) in [5.41, 5.74) is 6.04. The van der Waals surface area contributed by atoms with Crippen LogP contribution in [0.15, 0.2) is 36.4 Å². The summed E-state index contributed by atoms with van der Waals surface area (Å²) in [7, 11) is 0. The normalized spacial score (nSPS) is 19.5. The van der Waals surface area contributed by atoms with Crippen LogP contribution in [0.25, 0.3) is 21.8 Å². The summed E-state index contributed by atoms with van der Waals surface area (Å²) in [5.74, 6) is 3.11. The quantitative estimate of drug-likeness (QED) is 0.130. The summed E-state index contributed by atoms with van der Waals surface area (Å²) in [6.45, 7) is 6.12. The minimum atomic E-state index is 0.680. The van der Waals surface area contributed by atoms with Gasteiger partial charge in [-0.25, -0.2) is 0 Å². The van der Waals surface area contributed by atoms with Crippen LogP contribution in [0, 0.1) is 11.8 Å². The number of rotatable bonds is 10. The fourth-order valence-electron chi connectivity index (χ4n) is 7.12. The van der Waals surface area contributed by atoms with Gasteiger partial charge < -0.3 is 4.57 Å². The van der Waals surface area contributed by atoms with Crippen LogP contribution in [0.2, 0.25) is 0 Å². The van der Waals surface area contributed by atoms with Crippen LogP contribution in [-0.2, 0) is 6.54 Å². The van der Waals surface area contributed by atoms with Crippen molar-refractivity contribution in [2.24, 2.45) is 11.8 Å². The summed E-state index contributed by atoms with van der Waals surface area (Å²) in [6.07, 6.45) is 16.7. The first-order chi connectivity index (χ1) is 16.7. The van der Waals surface area contributed by atoms with E-state index in [0.717, 1.165) is 18.4 Å². The van der Waals surface area contributed by atoms with Gasteiger partial charge in [0.2, 0.25) is 0 Å². The van der Waals surface area contributed by atoms with Crippen molar-refractivity contribution in [2.45, 2.75) is 109 Å². The van der Waals surface area contributed by atoms with Crippen LogP contribution in [0.3, 0.4) is 0 Å². The fraction of sp³-hybridized carbons (Fsp3) is 0.625. The Hall–Kier alpha value is -1.03. The van der Waals surface area contributed by atoms with Crippen LogP contribution < -0.4 is 0 Å². The number of alkyl halides is 1. The number of aryl methyl sites for hydroxylation is 1. The van der Waals surface area contributed by atoms with E-state index in [1.807, 2.05) is 0 Å². The smallest absolute Gasteiger partial charge is 0.0491 e. The zero-order valence-corrected chi connectivity index (χ0v) is 23.7. The Bertz CT molecular complexity index is 1000. The first-order valence-electron chi connectivity index (χ1n) is 14.3. The standard InChI is InChI=1S/C32H44IN/c1-23(25-11-5-6-12-25)27-15-17-31-29(21-27)30-22-28(24(2)26-13-7-8-14-26)16-18-32(30)34(31)20-10-4-3-9-19-33/h15-18,21-26H,3-14,19-20H2,1-2H3/t23-,24?/m0/s1. The molecule has 1 nitrogen and oxygen atoms in total. The molecule has 0 spiro atoms. The molecule has 2 aromatic carbocycles. The average Bonchev–Trinajstić information content (AvgIpc) is 3.64. The summed E-state index contributed by atoms with van der Waals surface area (Å²) in [5, 5.41) is 3.01. The highest BCUT2D eigenvalue weighted by molar-refractivity contribution is 14.1. The van der Waals surface area contributed by atoms with E-state index in [9.17, 15) is 0 Å². The molecule has 0 saturated heterocycles. The van der Waals surface area contributed by atoms with Crippen molar-refractivity contribution < 1.29 is 0 Å². The van der Waals surface area contributed by atoms with Gasteiger partial charge in [0.05, 0.1) is 0 Å². The highest BCUT2D eigenvalue weighted by Gasteiger charge is 2.25. The lowest BCUT2D eigenvalue weighted by molar-refractivity contribution is 0.461. The first-order valence-corrected chi connectivity index (χ1v) is 15.8. The van der Waals surface area contributed by atoms with Crippen molar-refractivity contribution in [3.63, 3.8) is 0 Å².